The highest BCUT2D eigenvalue weighted by molar-refractivity contribution is 7.90. The number of para-hydroxylation sites is 1. The van der Waals surface area contributed by atoms with Crippen LogP contribution >= 0.6 is 0 Å². The number of benzene rings is 2. The van der Waals surface area contributed by atoms with Crippen LogP contribution in [0.5, 0.6) is 0 Å². The fourth-order valence-electron chi connectivity index (χ4n) is 2.32. The Balaban J connectivity index is 2.08. The van der Waals surface area contributed by atoms with Gasteiger partial charge < -0.3 is 0 Å². The molecule has 156 valence electrons. The molecule has 0 fully saturated rings. The summed E-state index contributed by atoms with van der Waals surface area (Å²) in [6.45, 7) is 0.672. The Hall–Kier alpha value is -2.94. The summed E-state index contributed by atoms with van der Waals surface area (Å²) in [6.07, 6.45) is 0. The molecule has 0 bridgehead atoms. The first kappa shape index (κ1) is 22.4. The molecule has 0 radical (unpaired) electrons. The highest BCUT2D eigenvalue weighted by Gasteiger charge is 2.25. The van der Waals surface area contributed by atoms with Crippen LogP contribution in [0.2, 0.25) is 0 Å². The molecule has 0 aliphatic carbocycles. The molecule has 2 aromatic rings. The van der Waals surface area contributed by atoms with Crippen LogP contribution in [0.15, 0.2) is 52.3 Å². The Morgan fingerprint density at radius 2 is 1.38 bits per heavy atom. The van der Waals surface area contributed by atoms with Crippen LogP contribution in [0.25, 0.3) is 0 Å². The lowest BCUT2D eigenvalue weighted by atomic mass is 10.2. The molecular weight excluding hydrogens is 428 g/mol. The molecule has 0 amide bonds. The molecule has 2 aromatic carbocycles. The maximum absolute atomic E-state index is 12.3. The van der Waals surface area contributed by atoms with Crippen molar-refractivity contribution in [2.45, 2.75) is 16.7 Å². The van der Waals surface area contributed by atoms with E-state index in [1.807, 2.05) is 0 Å². The van der Waals surface area contributed by atoms with Crippen molar-refractivity contribution >= 4 is 31.4 Å². The van der Waals surface area contributed by atoms with Crippen molar-refractivity contribution in [1.29, 1.82) is 0 Å². The standard InChI is InChI=1S/C15H16N4O8S2/c1-11-6-7-12(10-14(11)19(22)23)28(24,25)16-8-9-17-29(26,27)15-5-3-2-4-13(15)18(20)21/h2-7,10,16-17H,8-9H2,1H3. The lowest BCUT2D eigenvalue weighted by molar-refractivity contribution is -0.387. The first-order valence-electron chi connectivity index (χ1n) is 7.93. The van der Waals surface area contributed by atoms with Crippen LogP contribution in [0.4, 0.5) is 11.4 Å². The zero-order valence-electron chi connectivity index (χ0n) is 14.9. The van der Waals surface area contributed by atoms with Gasteiger partial charge in [0.25, 0.3) is 11.4 Å². The summed E-state index contributed by atoms with van der Waals surface area (Å²) in [7, 11) is -8.39. The first-order chi connectivity index (χ1) is 13.5. The molecule has 0 spiro atoms. The zero-order chi connectivity index (χ0) is 21.8. The number of hydrogen-bond donors (Lipinski definition) is 2. The normalized spacial score (nSPS) is 11.9. The summed E-state index contributed by atoms with van der Waals surface area (Å²) in [5.74, 6) is 0. The molecule has 0 aliphatic heterocycles. The SMILES string of the molecule is Cc1ccc(S(=O)(=O)NCCNS(=O)(=O)c2ccccc2[N+](=O)[O-])cc1[N+](=O)[O-]. The molecular formula is C15H16N4O8S2. The van der Waals surface area contributed by atoms with Crippen molar-refractivity contribution < 1.29 is 26.7 Å². The van der Waals surface area contributed by atoms with Gasteiger partial charge in [-0.1, -0.05) is 18.2 Å². The number of hydrogen-bond acceptors (Lipinski definition) is 8. The average molecular weight is 444 g/mol. The quantitative estimate of drug-likeness (QED) is 0.327. The Kier molecular flexibility index (Phi) is 6.63. The highest BCUT2D eigenvalue weighted by Crippen LogP contribution is 2.23. The summed E-state index contributed by atoms with van der Waals surface area (Å²) in [6, 6.07) is 8.07. The van der Waals surface area contributed by atoms with Gasteiger partial charge in [0, 0.05) is 30.8 Å². The van der Waals surface area contributed by atoms with E-state index in [2.05, 4.69) is 9.44 Å². The van der Waals surface area contributed by atoms with E-state index in [4.69, 9.17) is 0 Å². The number of nitrogens with one attached hydrogen (secondary N) is 2. The van der Waals surface area contributed by atoms with E-state index in [1.54, 1.807) is 0 Å². The first-order valence-corrected chi connectivity index (χ1v) is 10.9. The summed E-state index contributed by atoms with van der Waals surface area (Å²) >= 11 is 0. The second kappa shape index (κ2) is 8.60. The van der Waals surface area contributed by atoms with Crippen molar-refractivity contribution in [2.24, 2.45) is 0 Å². The topological polar surface area (TPSA) is 179 Å². The maximum atomic E-state index is 12.3. The average Bonchev–Trinajstić information content (AvgIpc) is 2.65. The number of nitro groups is 2. The van der Waals surface area contributed by atoms with Gasteiger partial charge >= 0.3 is 0 Å². The zero-order valence-corrected chi connectivity index (χ0v) is 16.6. The molecule has 0 unspecified atom stereocenters. The van der Waals surface area contributed by atoms with Crippen molar-refractivity contribution in [1.82, 2.24) is 9.44 Å². The van der Waals surface area contributed by atoms with Crippen LogP contribution in [0.1, 0.15) is 5.56 Å². The van der Waals surface area contributed by atoms with Gasteiger partial charge in [-0.15, -0.1) is 0 Å². The predicted molar refractivity (Wildman–Crippen MR) is 101 cm³/mol. The third-order valence-corrected chi connectivity index (χ3v) is 6.72. The molecule has 12 nitrogen and oxygen atoms in total. The van der Waals surface area contributed by atoms with Crippen molar-refractivity contribution in [3.63, 3.8) is 0 Å². The predicted octanol–water partition coefficient (Wildman–Crippen LogP) is 1.07. The smallest absolute Gasteiger partial charge is 0.258 e. The van der Waals surface area contributed by atoms with Crippen LogP contribution < -0.4 is 9.44 Å². The van der Waals surface area contributed by atoms with Crippen LogP contribution in [-0.4, -0.2) is 39.8 Å². The molecule has 0 aromatic heterocycles. The Labute approximate surface area is 166 Å². The summed E-state index contributed by atoms with van der Waals surface area (Å²) in [5.41, 5.74) is -0.705. The van der Waals surface area contributed by atoms with Gasteiger partial charge in [-0.05, 0) is 19.1 Å². The van der Waals surface area contributed by atoms with Crippen LogP contribution in [0, 0.1) is 27.2 Å². The number of nitrogens with zero attached hydrogens (tertiary/aromatic N) is 2. The van der Waals surface area contributed by atoms with E-state index in [0.29, 0.717) is 0 Å². The summed E-state index contributed by atoms with van der Waals surface area (Å²) in [4.78, 5) is 19.4. The van der Waals surface area contributed by atoms with Gasteiger partial charge in [0.1, 0.15) is 0 Å². The highest BCUT2D eigenvalue weighted by atomic mass is 32.2. The fourth-order valence-corrected chi connectivity index (χ4v) is 4.57. The van der Waals surface area contributed by atoms with Gasteiger partial charge in [0.15, 0.2) is 4.90 Å². The Morgan fingerprint density at radius 3 is 1.97 bits per heavy atom. The van der Waals surface area contributed by atoms with Crippen LogP contribution in [0.3, 0.4) is 0 Å². The molecule has 2 rings (SSSR count). The second-order valence-corrected chi connectivity index (χ2v) is 9.23. The Bertz CT molecular complexity index is 1160. The third-order valence-electron chi connectivity index (χ3n) is 3.75. The molecule has 0 aliphatic rings. The number of sulfonamides is 2. The molecule has 2 N–H and O–H groups in total. The molecule has 14 heteroatoms. The molecule has 0 saturated carbocycles. The fraction of sp³-hybridized carbons (Fsp3) is 0.200. The maximum Gasteiger partial charge on any atom is 0.289 e. The van der Waals surface area contributed by atoms with Gasteiger partial charge in [-0.2, -0.15) is 0 Å². The lowest BCUT2D eigenvalue weighted by Crippen LogP contribution is -2.35. The van der Waals surface area contributed by atoms with E-state index in [0.717, 1.165) is 18.2 Å². The summed E-state index contributed by atoms with van der Waals surface area (Å²) < 4.78 is 53.2. The van der Waals surface area contributed by atoms with Crippen molar-refractivity contribution in [2.75, 3.05) is 13.1 Å². The lowest BCUT2D eigenvalue weighted by Gasteiger charge is -2.09. The minimum Gasteiger partial charge on any atom is -0.258 e. The minimum absolute atomic E-state index is 0.283. The molecule has 0 heterocycles. The van der Waals surface area contributed by atoms with E-state index in [-0.39, 0.29) is 22.7 Å². The van der Waals surface area contributed by atoms with E-state index in [9.17, 15) is 37.1 Å². The van der Waals surface area contributed by atoms with Gasteiger partial charge in [-0.3, -0.25) is 20.2 Å². The molecule has 0 saturated heterocycles. The largest absolute Gasteiger partial charge is 0.289 e. The van der Waals surface area contributed by atoms with Crippen molar-refractivity contribution in [3.8, 4) is 0 Å². The van der Waals surface area contributed by atoms with Crippen LogP contribution in [-0.2, 0) is 20.0 Å². The van der Waals surface area contributed by atoms with Gasteiger partial charge in [-0.25, -0.2) is 26.3 Å². The number of nitro benzene ring substituents is 2. The molecule has 29 heavy (non-hydrogen) atoms. The van der Waals surface area contributed by atoms with Gasteiger partial charge in [0.2, 0.25) is 20.0 Å². The van der Waals surface area contributed by atoms with E-state index >= 15 is 0 Å². The second-order valence-electron chi connectivity index (χ2n) is 5.73. The van der Waals surface area contributed by atoms with E-state index in [1.165, 1.54) is 31.2 Å². The monoisotopic (exact) mass is 444 g/mol. The summed E-state index contributed by atoms with van der Waals surface area (Å²) in [5, 5.41) is 21.9. The minimum atomic E-state index is -4.26. The molecule has 0 atom stereocenters. The third kappa shape index (κ3) is 5.32. The van der Waals surface area contributed by atoms with E-state index < -0.39 is 47.0 Å². The number of rotatable bonds is 9. The van der Waals surface area contributed by atoms with Crippen molar-refractivity contribution in [3.05, 3.63) is 68.3 Å². The Morgan fingerprint density at radius 1 is 0.828 bits per heavy atom. The number of aryl methyl sites for hydroxylation is 1. The van der Waals surface area contributed by atoms with Gasteiger partial charge in [0.05, 0.1) is 14.7 Å².